The summed E-state index contributed by atoms with van der Waals surface area (Å²) in [6.07, 6.45) is 3.49. The molecule has 0 aliphatic heterocycles. The molecule has 0 unspecified atom stereocenters. The predicted molar refractivity (Wildman–Crippen MR) is 50.9 cm³/mol. The molecular formula is C10H12N2. The largest absolute Gasteiger partial charge is 0.237 e. The highest BCUT2D eigenvalue weighted by Gasteiger charge is 1.88. The predicted octanol–water partition coefficient (Wildman–Crippen LogP) is 2.66. The molecule has 2 aromatic heterocycles. The number of nitrogens with zero attached hydrogens (tertiary/aromatic N) is 2. The van der Waals surface area contributed by atoms with E-state index in [0.29, 0.717) is 0 Å². The molecule has 0 atom stereocenters. The first-order valence-electron chi connectivity index (χ1n) is 4.12. The molecule has 0 radical (unpaired) electrons. The summed E-state index contributed by atoms with van der Waals surface area (Å²) in [7, 11) is 0. The molecule has 0 saturated heterocycles. The third kappa shape index (κ3) is 1.78. The van der Waals surface area contributed by atoms with Gasteiger partial charge in [-0.25, -0.2) is 9.97 Å². The third-order valence-corrected chi connectivity index (χ3v) is 1.38. The molecule has 0 spiro atoms. The SMILES string of the molecule is CC.c1cnc2ncccc2c1. The van der Waals surface area contributed by atoms with Crippen molar-refractivity contribution in [2.75, 3.05) is 0 Å². The number of pyridine rings is 2. The van der Waals surface area contributed by atoms with E-state index in [0.717, 1.165) is 11.0 Å². The summed E-state index contributed by atoms with van der Waals surface area (Å²) in [5.74, 6) is 0. The standard InChI is InChI=1S/C8H6N2.C2H6/c1-3-7-4-2-6-10-8(7)9-5-1;1-2/h1-6H;1-2H3. The van der Waals surface area contributed by atoms with Gasteiger partial charge in [0.15, 0.2) is 5.65 Å². The molecule has 0 aliphatic rings. The maximum atomic E-state index is 4.07. The van der Waals surface area contributed by atoms with Crippen molar-refractivity contribution in [3.05, 3.63) is 36.7 Å². The fraction of sp³-hybridized carbons (Fsp3) is 0.200. The molecular weight excluding hydrogens is 148 g/mol. The Morgan fingerprint density at radius 1 is 0.917 bits per heavy atom. The average Bonchev–Trinajstić information content (AvgIpc) is 2.21. The molecule has 0 bridgehead atoms. The zero-order chi connectivity index (χ0) is 8.81. The molecule has 12 heavy (non-hydrogen) atoms. The Labute approximate surface area is 72.3 Å². The van der Waals surface area contributed by atoms with Gasteiger partial charge in [-0.15, -0.1) is 0 Å². The number of fused-ring (bicyclic) bond motifs is 1. The van der Waals surface area contributed by atoms with Gasteiger partial charge in [-0.2, -0.15) is 0 Å². The van der Waals surface area contributed by atoms with E-state index in [2.05, 4.69) is 9.97 Å². The first kappa shape index (κ1) is 8.65. The topological polar surface area (TPSA) is 25.8 Å². The van der Waals surface area contributed by atoms with Crippen LogP contribution < -0.4 is 0 Å². The Bertz CT molecular complexity index is 279. The number of aromatic nitrogens is 2. The van der Waals surface area contributed by atoms with Crippen molar-refractivity contribution in [3.63, 3.8) is 0 Å². The summed E-state index contributed by atoms with van der Waals surface area (Å²) in [5, 5.41) is 1.09. The van der Waals surface area contributed by atoms with E-state index in [1.54, 1.807) is 12.4 Å². The van der Waals surface area contributed by atoms with Crippen LogP contribution in [0.4, 0.5) is 0 Å². The number of rotatable bonds is 0. The van der Waals surface area contributed by atoms with Gasteiger partial charge in [0.2, 0.25) is 0 Å². The summed E-state index contributed by atoms with van der Waals surface area (Å²) < 4.78 is 0. The fourth-order valence-electron chi connectivity index (χ4n) is 0.908. The van der Waals surface area contributed by atoms with Gasteiger partial charge in [0.05, 0.1) is 0 Å². The molecule has 2 rings (SSSR count). The Balaban J connectivity index is 0.000000336. The van der Waals surface area contributed by atoms with Crippen LogP contribution in [0.1, 0.15) is 13.8 Å². The van der Waals surface area contributed by atoms with Crippen LogP contribution in [0.15, 0.2) is 36.7 Å². The quantitative estimate of drug-likeness (QED) is 0.592. The fourth-order valence-corrected chi connectivity index (χ4v) is 0.908. The first-order chi connectivity index (χ1) is 5.97. The lowest BCUT2D eigenvalue weighted by molar-refractivity contribution is 1.29. The lowest BCUT2D eigenvalue weighted by atomic mass is 10.3. The van der Waals surface area contributed by atoms with Crippen molar-refractivity contribution in [1.82, 2.24) is 9.97 Å². The first-order valence-corrected chi connectivity index (χ1v) is 4.12. The van der Waals surface area contributed by atoms with Crippen LogP contribution in [0.5, 0.6) is 0 Å². The van der Waals surface area contributed by atoms with Crippen LogP contribution in [0.2, 0.25) is 0 Å². The summed E-state index contributed by atoms with van der Waals surface area (Å²) in [6.45, 7) is 4.00. The van der Waals surface area contributed by atoms with Crippen LogP contribution in [-0.2, 0) is 0 Å². The molecule has 62 valence electrons. The molecule has 0 fully saturated rings. The lowest BCUT2D eigenvalue weighted by Crippen LogP contribution is -1.78. The maximum absolute atomic E-state index is 4.07. The number of hydrogen-bond donors (Lipinski definition) is 0. The van der Waals surface area contributed by atoms with Crippen molar-refractivity contribution in [2.45, 2.75) is 13.8 Å². The van der Waals surface area contributed by atoms with Gasteiger partial charge >= 0.3 is 0 Å². The van der Waals surface area contributed by atoms with Crippen LogP contribution in [0, 0.1) is 0 Å². The summed E-state index contributed by atoms with van der Waals surface area (Å²) >= 11 is 0. The molecule has 2 heterocycles. The monoisotopic (exact) mass is 160 g/mol. The second kappa shape index (κ2) is 4.44. The van der Waals surface area contributed by atoms with Crippen LogP contribution in [-0.4, -0.2) is 9.97 Å². The highest BCUT2D eigenvalue weighted by atomic mass is 14.8. The molecule has 0 amide bonds. The van der Waals surface area contributed by atoms with Crippen molar-refractivity contribution in [2.24, 2.45) is 0 Å². The second-order valence-electron chi connectivity index (χ2n) is 2.05. The smallest absolute Gasteiger partial charge is 0.159 e. The maximum Gasteiger partial charge on any atom is 0.159 e. The van der Waals surface area contributed by atoms with Crippen molar-refractivity contribution in [1.29, 1.82) is 0 Å². The second-order valence-corrected chi connectivity index (χ2v) is 2.05. The van der Waals surface area contributed by atoms with Gasteiger partial charge in [0.25, 0.3) is 0 Å². The Kier molecular flexibility index (Phi) is 3.20. The zero-order valence-electron chi connectivity index (χ0n) is 7.36. The van der Waals surface area contributed by atoms with Gasteiger partial charge < -0.3 is 0 Å². The van der Waals surface area contributed by atoms with Crippen molar-refractivity contribution < 1.29 is 0 Å². The van der Waals surface area contributed by atoms with Crippen LogP contribution in [0.3, 0.4) is 0 Å². The van der Waals surface area contributed by atoms with Gasteiger partial charge in [0, 0.05) is 17.8 Å². The van der Waals surface area contributed by atoms with Crippen LogP contribution in [0.25, 0.3) is 11.0 Å². The van der Waals surface area contributed by atoms with E-state index in [4.69, 9.17) is 0 Å². The Morgan fingerprint density at radius 2 is 1.42 bits per heavy atom. The van der Waals surface area contributed by atoms with Gasteiger partial charge in [-0.05, 0) is 24.3 Å². The molecule has 0 N–H and O–H groups in total. The molecule has 0 aliphatic carbocycles. The highest BCUT2D eigenvalue weighted by molar-refractivity contribution is 5.73. The minimum Gasteiger partial charge on any atom is -0.237 e. The minimum absolute atomic E-state index is 0.810. The lowest BCUT2D eigenvalue weighted by Gasteiger charge is -1.90. The summed E-state index contributed by atoms with van der Waals surface area (Å²) in [4.78, 5) is 8.14. The number of hydrogen-bond acceptors (Lipinski definition) is 2. The molecule has 2 heteroatoms. The Hall–Kier alpha value is -1.44. The molecule has 0 saturated carbocycles. The Morgan fingerprint density at radius 3 is 1.83 bits per heavy atom. The van der Waals surface area contributed by atoms with Gasteiger partial charge in [0.1, 0.15) is 0 Å². The molecule has 0 aromatic carbocycles. The minimum atomic E-state index is 0.810. The molecule has 2 nitrogen and oxygen atoms in total. The van der Waals surface area contributed by atoms with E-state index >= 15 is 0 Å². The third-order valence-electron chi connectivity index (χ3n) is 1.38. The van der Waals surface area contributed by atoms with Gasteiger partial charge in [-0.3, -0.25) is 0 Å². The van der Waals surface area contributed by atoms with Crippen molar-refractivity contribution >= 4 is 11.0 Å². The average molecular weight is 160 g/mol. The van der Waals surface area contributed by atoms with E-state index < -0.39 is 0 Å². The van der Waals surface area contributed by atoms with E-state index in [1.165, 1.54) is 0 Å². The van der Waals surface area contributed by atoms with Crippen LogP contribution >= 0.6 is 0 Å². The summed E-state index contributed by atoms with van der Waals surface area (Å²) in [5.41, 5.74) is 0.810. The highest BCUT2D eigenvalue weighted by Crippen LogP contribution is 2.04. The van der Waals surface area contributed by atoms with Crippen molar-refractivity contribution in [3.8, 4) is 0 Å². The summed E-state index contributed by atoms with van der Waals surface area (Å²) in [6, 6.07) is 7.80. The van der Waals surface area contributed by atoms with Gasteiger partial charge in [-0.1, -0.05) is 13.8 Å². The zero-order valence-corrected chi connectivity index (χ0v) is 7.36. The molecule has 2 aromatic rings. The normalized spacial score (nSPS) is 8.83. The van der Waals surface area contributed by atoms with E-state index in [9.17, 15) is 0 Å². The van der Waals surface area contributed by atoms with E-state index in [-0.39, 0.29) is 0 Å². The van der Waals surface area contributed by atoms with E-state index in [1.807, 2.05) is 38.1 Å².